The van der Waals surface area contributed by atoms with Crippen LogP contribution in [0.1, 0.15) is 11.3 Å². The molecule has 0 aliphatic heterocycles. The molecule has 7 nitrogen and oxygen atoms in total. The molecule has 206 valence electrons. The van der Waals surface area contributed by atoms with Gasteiger partial charge in [0.15, 0.2) is 23.9 Å². The van der Waals surface area contributed by atoms with Crippen molar-refractivity contribution < 1.29 is 36.9 Å². The third-order valence-corrected chi connectivity index (χ3v) is 6.80. The van der Waals surface area contributed by atoms with Crippen LogP contribution in [-0.2, 0) is 16.0 Å². The maximum absolute atomic E-state index is 12.5. The molecule has 0 atom stereocenters. The Hall–Kier alpha value is -3.70. The number of ether oxygens (including phenoxy) is 4. The second kappa shape index (κ2) is 12.0. The van der Waals surface area contributed by atoms with E-state index >= 15 is 0 Å². The lowest BCUT2D eigenvalue weighted by Gasteiger charge is -2.17. The minimum absolute atomic E-state index is 0.0109. The SMILES string of the molecule is COC(=O)Cc1ccc(Oc2ccc3[nH]c(C)cc3c2NSc2ccc(OCC(F)(F)F)cc2Cl)c(OC)c1. The molecule has 0 saturated carbocycles. The monoisotopic (exact) mass is 580 g/mol. The van der Waals surface area contributed by atoms with E-state index in [0.717, 1.165) is 16.6 Å². The number of methoxy groups -OCH3 is 2. The third kappa shape index (κ3) is 7.24. The molecule has 0 saturated heterocycles. The predicted octanol–water partition coefficient (Wildman–Crippen LogP) is 7.71. The highest BCUT2D eigenvalue weighted by Crippen LogP contribution is 2.42. The van der Waals surface area contributed by atoms with Crippen LogP contribution in [0.2, 0.25) is 5.02 Å². The Labute approximate surface area is 231 Å². The summed E-state index contributed by atoms with van der Waals surface area (Å²) in [6.07, 6.45) is -4.36. The number of carbonyl (C=O) groups excluding carboxylic acids is 1. The molecule has 4 rings (SSSR count). The number of hydrogen-bond acceptors (Lipinski definition) is 7. The smallest absolute Gasteiger partial charge is 0.422 e. The molecule has 12 heteroatoms. The molecule has 1 aromatic heterocycles. The Morgan fingerprint density at radius 1 is 1.03 bits per heavy atom. The average molecular weight is 581 g/mol. The van der Waals surface area contributed by atoms with Gasteiger partial charge < -0.3 is 28.7 Å². The molecule has 4 aromatic rings. The Kier molecular flexibility index (Phi) is 8.71. The van der Waals surface area contributed by atoms with Crippen LogP contribution >= 0.6 is 23.5 Å². The van der Waals surface area contributed by atoms with Crippen LogP contribution in [0.4, 0.5) is 18.9 Å². The van der Waals surface area contributed by atoms with E-state index in [4.69, 9.17) is 30.5 Å². The molecule has 0 unspecified atom stereocenters. The first-order valence-electron chi connectivity index (χ1n) is 11.5. The van der Waals surface area contributed by atoms with Crippen molar-refractivity contribution in [1.82, 2.24) is 4.98 Å². The van der Waals surface area contributed by atoms with Crippen molar-refractivity contribution in [3.8, 4) is 23.0 Å². The lowest BCUT2D eigenvalue weighted by Crippen LogP contribution is -2.19. The number of alkyl halides is 3. The summed E-state index contributed by atoms with van der Waals surface area (Å²) < 4.78 is 61.9. The van der Waals surface area contributed by atoms with E-state index in [0.29, 0.717) is 33.4 Å². The number of anilines is 1. The number of carbonyl (C=O) groups is 1. The summed E-state index contributed by atoms with van der Waals surface area (Å²) >= 11 is 7.50. The van der Waals surface area contributed by atoms with Crippen molar-refractivity contribution in [1.29, 1.82) is 0 Å². The van der Waals surface area contributed by atoms with Gasteiger partial charge in [-0.1, -0.05) is 17.7 Å². The fraction of sp³-hybridized carbons (Fsp3) is 0.222. The minimum Gasteiger partial charge on any atom is -0.493 e. The van der Waals surface area contributed by atoms with E-state index in [1.165, 1.54) is 38.3 Å². The highest BCUT2D eigenvalue weighted by atomic mass is 35.5. The number of fused-ring (bicyclic) bond motifs is 1. The van der Waals surface area contributed by atoms with Gasteiger partial charge in [0.2, 0.25) is 0 Å². The Morgan fingerprint density at radius 2 is 1.79 bits per heavy atom. The first-order chi connectivity index (χ1) is 18.6. The quantitative estimate of drug-likeness (QED) is 0.147. The van der Waals surface area contributed by atoms with Crippen LogP contribution in [-0.4, -0.2) is 38.0 Å². The Balaban J connectivity index is 1.60. The number of benzene rings is 3. The zero-order valence-corrected chi connectivity index (χ0v) is 22.6. The van der Waals surface area contributed by atoms with Crippen LogP contribution in [0.15, 0.2) is 59.5 Å². The van der Waals surface area contributed by atoms with Crippen molar-refractivity contribution >= 4 is 46.1 Å². The zero-order chi connectivity index (χ0) is 28.2. The number of aryl methyl sites for hydroxylation is 1. The molecule has 3 aromatic carbocycles. The molecule has 0 amide bonds. The lowest BCUT2D eigenvalue weighted by molar-refractivity contribution is -0.153. The van der Waals surface area contributed by atoms with Crippen molar-refractivity contribution in [3.63, 3.8) is 0 Å². The highest BCUT2D eigenvalue weighted by Gasteiger charge is 2.28. The van der Waals surface area contributed by atoms with Crippen molar-refractivity contribution in [2.45, 2.75) is 24.4 Å². The summed E-state index contributed by atoms with van der Waals surface area (Å²) in [4.78, 5) is 15.5. The molecular formula is C27H24ClF3N2O5S. The van der Waals surface area contributed by atoms with Crippen LogP contribution in [0.3, 0.4) is 0 Å². The van der Waals surface area contributed by atoms with Gasteiger partial charge in [-0.25, -0.2) is 0 Å². The average Bonchev–Trinajstić information content (AvgIpc) is 3.28. The Morgan fingerprint density at radius 3 is 2.49 bits per heavy atom. The predicted molar refractivity (Wildman–Crippen MR) is 144 cm³/mol. The molecule has 0 aliphatic carbocycles. The number of nitrogens with one attached hydrogen (secondary N) is 2. The van der Waals surface area contributed by atoms with Gasteiger partial charge in [-0.15, -0.1) is 0 Å². The van der Waals surface area contributed by atoms with Crippen molar-refractivity contribution in [3.05, 3.63) is 70.9 Å². The summed E-state index contributed by atoms with van der Waals surface area (Å²) in [7, 11) is 2.83. The van der Waals surface area contributed by atoms with E-state index < -0.39 is 12.8 Å². The van der Waals surface area contributed by atoms with E-state index in [9.17, 15) is 18.0 Å². The van der Waals surface area contributed by atoms with Crippen molar-refractivity contribution in [2.75, 3.05) is 25.5 Å². The van der Waals surface area contributed by atoms with Gasteiger partial charge in [-0.2, -0.15) is 13.2 Å². The van der Waals surface area contributed by atoms with E-state index in [1.54, 1.807) is 30.3 Å². The fourth-order valence-electron chi connectivity index (χ4n) is 3.70. The number of hydrogen-bond donors (Lipinski definition) is 2. The second-order valence-corrected chi connectivity index (χ2v) is 9.65. The number of halogens is 4. The molecule has 0 aliphatic rings. The van der Waals surface area contributed by atoms with Gasteiger partial charge in [0.25, 0.3) is 0 Å². The van der Waals surface area contributed by atoms with E-state index in [-0.39, 0.29) is 23.2 Å². The summed E-state index contributed by atoms with van der Waals surface area (Å²) in [5, 5.41) is 1.06. The summed E-state index contributed by atoms with van der Waals surface area (Å²) in [5.74, 6) is 0.972. The second-order valence-electron chi connectivity index (χ2n) is 8.39. The van der Waals surface area contributed by atoms with Crippen LogP contribution in [0, 0.1) is 6.92 Å². The van der Waals surface area contributed by atoms with E-state index in [2.05, 4.69) is 9.71 Å². The molecule has 0 spiro atoms. The Bertz CT molecular complexity index is 1490. The summed E-state index contributed by atoms with van der Waals surface area (Å²) in [6, 6.07) is 15.1. The molecular weight excluding hydrogens is 557 g/mol. The number of esters is 1. The molecule has 0 radical (unpaired) electrons. The number of H-pyrrole nitrogens is 1. The first kappa shape index (κ1) is 28.3. The molecule has 39 heavy (non-hydrogen) atoms. The minimum atomic E-state index is -4.45. The molecule has 0 bridgehead atoms. The fourth-order valence-corrected chi connectivity index (χ4v) is 4.70. The zero-order valence-electron chi connectivity index (χ0n) is 21.1. The van der Waals surface area contributed by atoms with Crippen molar-refractivity contribution in [2.24, 2.45) is 0 Å². The van der Waals surface area contributed by atoms with E-state index in [1.807, 2.05) is 19.1 Å². The largest absolute Gasteiger partial charge is 0.493 e. The number of rotatable bonds is 10. The van der Waals surface area contributed by atoms with Gasteiger partial charge in [0.05, 0.1) is 31.4 Å². The van der Waals surface area contributed by atoms with Gasteiger partial charge in [0.1, 0.15) is 5.75 Å². The maximum atomic E-state index is 12.5. The normalized spacial score (nSPS) is 11.4. The standard InChI is InChI=1S/C27H24ClF3N2O5S/c1-15-10-18-20(32-15)6-8-22(38-21-7-4-16(11-23(21)35-2)12-25(34)36-3)26(18)33-39-24-9-5-17(13-19(24)28)37-14-27(29,30)31/h4-11,13,32-33H,12,14H2,1-3H3. The highest BCUT2D eigenvalue weighted by molar-refractivity contribution is 8.00. The van der Waals surface area contributed by atoms with Crippen LogP contribution < -0.4 is 18.9 Å². The lowest BCUT2D eigenvalue weighted by atomic mass is 10.1. The van der Waals surface area contributed by atoms with Crippen LogP contribution in [0.25, 0.3) is 10.9 Å². The number of aromatic nitrogens is 1. The molecule has 1 heterocycles. The number of aromatic amines is 1. The molecule has 2 N–H and O–H groups in total. The molecule has 0 fully saturated rings. The van der Waals surface area contributed by atoms with Gasteiger partial charge in [-0.3, -0.25) is 4.79 Å². The maximum Gasteiger partial charge on any atom is 0.422 e. The third-order valence-electron chi connectivity index (χ3n) is 5.49. The summed E-state index contributed by atoms with van der Waals surface area (Å²) in [6.45, 7) is 0.522. The van der Waals surface area contributed by atoms with Gasteiger partial charge in [0, 0.05) is 21.5 Å². The first-order valence-corrected chi connectivity index (χ1v) is 12.7. The van der Waals surface area contributed by atoms with Gasteiger partial charge in [-0.05, 0) is 73.0 Å². The van der Waals surface area contributed by atoms with Gasteiger partial charge >= 0.3 is 12.1 Å². The van der Waals surface area contributed by atoms with Crippen LogP contribution in [0.5, 0.6) is 23.0 Å². The topological polar surface area (TPSA) is 81.8 Å². The summed E-state index contributed by atoms with van der Waals surface area (Å²) in [5.41, 5.74) is 3.14.